The quantitative estimate of drug-likeness (QED) is 0.390. The molecule has 3 heteroatoms. The third kappa shape index (κ3) is 3.82. The van der Waals surface area contributed by atoms with Crippen molar-refractivity contribution >= 4 is 17.3 Å². The molecule has 30 heavy (non-hydrogen) atoms. The van der Waals surface area contributed by atoms with Gasteiger partial charge in [0.25, 0.3) is 0 Å². The lowest BCUT2D eigenvalue weighted by Gasteiger charge is -2.45. The molecule has 0 radical (unpaired) electrons. The molecule has 3 aromatic rings. The first-order chi connectivity index (χ1) is 14.7. The topological polar surface area (TPSA) is 21.6 Å². The zero-order valence-corrected chi connectivity index (χ0v) is 18.3. The van der Waals surface area contributed by atoms with Crippen LogP contribution in [0, 0.1) is 5.92 Å². The number of hydrogen-bond donors (Lipinski definition) is 0. The van der Waals surface area contributed by atoms with Gasteiger partial charge in [-0.05, 0) is 24.0 Å². The molecule has 0 bridgehead atoms. The number of halogens is 1. The molecule has 0 saturated carbocycles. The molecular weight excluding hydrogens is 390 g/mol. The molecule has 0 aliphatic carbocycles. The van der Waals surface area contributed by atoms with Crippen molar-refractivity contribution in [3.05, 3.63) is 108 Å². The fraction of sp³-hybridized carbons (Fsp3) is 0.296. The summed E-state index contributed by atoms with van der Waals surface area (Å²) in [5.74, 6) is 0.146. The lowest BCUT2D eigenvalue weighted by atomic mass is 9.82. The molecule has 0 spiro atoms. The number of alkyl halides is 1. The van der Waals surface area contributed by atoms with Crippen LogP contribution < -0.4 is 0 Å². The van der Waals surface area contributed by atoms with E-state index in [2.05, 4.69) is 74.5 Å². The van der Waals surface area contributed by atoms with Gasteiger partial charge in [-0.1, -0.05) is 105 Å². The molecule has 154 valence electrons. The van der Waals surface area contributed by atoms with Crippen molar-refractivity contribution in [2.75, 3.05) is 0 Å². The lowest BCUT2D eigenvalue weighted by molar-refractivity contribution is -0.123. The molecule has 0 amide bonds. The molecule has 4 rings (SSSR count). The van der Waals surface area contributed by atoms with Crippen molar-refractivity contribution in [1.29, 1.82) is 0 Å². The van der Waals surface area contributed by atoms with Crippen LogP contribution in [0.15, 0.2) is 96.0 Å². The summed E-state index contributed by atoms with van der Waals surface area (Å²) in [6.07, 6.45) is 1.55. The van der Waals surface area contributed by atoms with Crippen LogP contribution in [0.25, 0.3) is 0 Å². The van der Waals surface area contributed by atoms with Crippen LogP contribution in [0.1, 0.15) is 49.5 Å². The zero-order valence-electron chi connectivity index (χ0n) is 17.5. The largest absolute Gasteiger partial charge is 0.339 e. The second-order valence-corrected chi connectivity index (χ2v) is 8.29. The second kappa shape index (κ2) is 9.16. The Labute approximate surface area is 184 Å². The first-order valence-corrected chi connectivity index (χ1v) is 11.2. The van der Waals surface area contributed by atoms with Gasteiger partial charge in [0.15, 0.2) is 0 Å². The minimum Gasteiger partial charge on any atom is -0.339 e. The first-order valence-electron chi connectivity index (χ1n) is 10.8. The fourth-order valence-electron chi connectivity index (χ4n) is 4.36. The van der Waals surface area contributed by atoms with Crippen molar-refractivity contribution < 1.29 is 4.74 Å². The number of nitrogens with zero attached hydrogens (tertiary/aromatic N) is 1. The third-order valence-electron chi connectivity index (χ3n) is 5.92. The summed E-state index contributed by atoms with van der Waals surface area (Å²) >= 11 is 7.00. The number of hydrogen-bond acceptors (Lipinski definition) is 2. The number of benzene rings is 3. The molecule has 1 aliphatic rings. The van der Waals surface area contributed by atoms with E-state index in [1.807, 2.05) is 30.3 Å². The lowest BCUT2D eigenvalue weighted by Crippen LogP contribution is -2.46. The van der Waals surface area contributed by atoms with E-state index >= 15 is 0 Å². The van der Waals surface area contributed by atoms with Crippen molar-refractivity contribution in [2.45, 2.75) is 43.9 Å². The Kier molecular flexibility index (Phi) is 6.36. The van der Waals surface area contributed by atoms with E-state index in [4.69, 9.17) is 21.3 Å². The van der Waals surface area contributed by atoms with Gasteiger partial charge in [0, 0.05) is 11.5 Å². The molecule has 0 aromatic heterocycles. The number of aliphatic imine (C=N–C) groups is 1. The molecule has 1 unspecified atom stereocenters. The highest BCUT2D eigenvalue weighted by atomic mass is 35.5. The van der Waals surface area contributed by atoms with Crippen molar-refractivity contribution in [3.63, 3.8) is 0 Å². The minimum absolute atomic E-state index is 0.128. The van der Waals surface area contributed by atoms with E-state index in [1.165, 1.54) is 0 Å². The van der Waals surface area contributed by atoms with Crippen LogP contribution in [-0.2, 0) is 10.5 Å². The van der Waals surface area contributed by atoms with Crippen LogP contribution in [0.4, 0.5) is 0 Å². The maximum absolute atomic E-state index is 7.00. The monoisotopic (exact) mass is 417 g/mol. The molecule has 2 nitrogen and oxygen atoms in total. The Hall–Kier alpha value is -2.42. The predicted octanol–water partition coefficient (Wildman–Crippen LogP) is 7.14. The molecule has 1 heterocycles. The average molecular weight is 418 g/mol. The van der Waals surface area contributed by atoms with Gasteiger partial charge < -0.3 is 4.74 Å². The van der Waals surface area contributed by atoms with Crippen molar-refractivity contribution in [3.8, 4) is 0 Å². The molecule has 1 aliphatic heterocycles. The fourth-order valence-corrected chi connectivity index (χ4v) is 4.58. The molecule has 0 fully saturated rings. The summed E-state index contributed by atoms with van der Waals surface area (Å²) < 4.78 is 6.93. The van der Waals surface area contributed by atoms with E-state index in [9.17, 15) is 0 Å². The highest BCUT2D eigenvalue weighted by Crippen LogP contribution is 2.48. The normalized spacial score (nSPS) is 24.8. The second-order valence-electron chi connectivity index (χ2n) is 7.77. The molecular formula is C27H28ClNO. The van der Waals surface area contributed by atoms with Gasteiger partial charge in [-0.2, -0.15) is 0 Å². The maximum Gasteiger partial charge on any atom is 0.202 e. The standard InChI is InChI=1S/C27H28ClNO/c1-3-23-25(20-14-8-5-9-15-20)29-27(24(28)4-2,22-18-12-7-13-19-22)30-26(23)21-16-10-6-11-17-21/h5-19,23-24,26H,3-4H2,1-2H3/t23-,24?,26-,27+/m1/s1. The molecule has 4 atom stereocenters. The van der Waals surface area contributed by atoms with E-state index < -0.39 is 5.72 Å². The molecule has 0 N–H and O–H groups in total. The van der Waals surface area contributed by atoms with Crippen LogP contribution in [0.3, 0.4) is 0 Å². The van der Waals surface area contributed by atoms with Gasteiger partial charge in [-0.3, -0.25) is 0 Å². The zero-order chi connectivity index (χ0) is 21.0. The van der Waals surface area contributed by atoms with Crippen molar-refractivity contribution in [1.82, 2.24) is 0 Å². The SMILES string of the molecule is CCC(Cl)[C@@]1(c2ccccc2)N=C(c2ccccc2)[C@@H](CC)[C@@H](c2ccccc2)O1. The number of rotatable bonds is 6. The Morgan fingerprint density at radius 2 is 1.43 bits per heavy atom. The smallest absolute Gasteiger partial charge is 0.202 e. The third-order valence-corrected chi connectivity index (χ3v) is 6.52. The number of ether oxygens (including phenoxy) is 1. The summed E-state index contributed by atoms with van der Waals surface area (Å²) in [7, 11) is 0. The van der Waals surface area contributed by atoms with Gasteiger partial charge in [0.1, 0.15) is 0 Å². The van der Waals surface area contributed by atoms with Crippen LogP contribution in [-0.4, -0.2) is 11.1 Å². The summed E-state index contributed by atoms with van der Waals surface area (Å²) in [5.41, 5.74) is 3.42. The highest BCUT2D eigenvalue weighted by molar-refractivity contribution is 6.21. The van der Waals surface area contributed by atoms with Gasteiger partial charge in [0.2, 0.25) is 5.72 Å². The van der Waals surface area contributed by atoms with E-state index in [0.29, 0.717) is 0 Å². The highest BCUT2D eigenvalue weighted by Gasteiger charge is 2.48. The Morgan fingerprint density at radius 3 is 2.00 bits per heavy atom. The van der Waals surface area contributed by atoms with Gasteiger partial charge in [0.05, 0.1) is 17.2 Å². The Balaban J connectivity index is 1.97. The predicted molar refractivity (Wildman–Crippen MR) is 125 cm³/mol. The van der Waals surface area contributed by atoms with Gasteiger partial charge in [-0.15, -0.1) is 11.6 Å². The van der Waals surface area contributed by atoms with Crippen molar-refractivity contribution in [2.24, 2.45) is 10.9 Å². The summed E-state index contributed by atoms with van der Waals surface area (Å²) in [6.45, 7) is 4.29. The van der Waals surface area contributed by atoms with Crippen LogP contribution >= 0.6 is 11.6 Å². The first kappa shape index (κ1) is 20.8. The summed E-state index contributed by atoms with van der Waals surface area (Å²) in [5, 5.41) is -0.289. The van der Waals surface area contributed by atoms with E-state index in [-0.39, 0.29) is 17.4 Å². The Morgan fingerprint density at radius 1 is 0.867 bits per heavy atom. The van der Waals surface area contributed by atoms with Crippen LogP contribution in [0.5, 0.6) is 0 Å². The van der Waals surface area contributed by atoms with Gasteiger partial charge in [-0.25, -0.2) is 4.99 Å². The summed E-state index contributed by atoms with van der Waals surface area (Å²) in [4.78, 5) is 5.32. The van der Waals surface area contributed by atoms with E-state index in [1.54, 1.807) is 0 Å². The van der Waals surface area contributed by atoms with Gasteiger partial charge >= 0.3 is 0 Å². The average Bonchev–Trinajstić information content (AvgIpc) is 2.84. The Bertz CT molecular complexity index is 974. The summed E-state index contributed by atoms with van der Waals surface area (Å²) in [6, 6.07) is 31.2. The minimum atomic E-state index is -0.936. The maximum atomic E-state index is 7.00. The van der Waals surface area contributed by atoms with Crippen LogP contribution in [0.2, 0.25) is 0 Å². The molecule has 0 saturated heterocycles. The van der Waals surface area contributed by atoms with E-state index in [0.717, 1.165) is 35.2 Å². The molecule has 3 aromatic carbocycles.